The first-order valence-corrected chi connectivity index (χ1v) is 5.30. The Hall–Kier alpha value is 1.04. The predicted octanol–water partition coefficient (Wildman–Crippen LogP) is 1.90. The van der Waals surface area contributed by atoms with E-state index >= 15 is 0 Å². The first-order chi connectivity index (χ1) is 3.93. The first-order valence-electron chi connectivity index (χ1n) is 2.72. The number of alkyl halides is 1. The molecule has 0 aromatic carbocycles. The molecule has 1 aliphatic heterocycles. The number of thioether (sulfide) groups is 1. The standard InChI is InChI=1S/C5H9IOS/c6-2-1-5-7-3-4-8-5/h5H,1-4H2. The van der Waals surface area contributed by atoms with Crippen LogP contribution in [-0.2, 0) is 4.74 Å². The molecule has 0 bridgehead atoms. The summed E-state index contributed by atoms with van der Waals surface area (Å²) in [4.78, 5) is 0. The Bertz CT molecular complexity index is 63.4. The Balaban J connectivity index is 2.06. The second kappa shape index (κ2) is 3.95. The molecule has 0 N–H and O–H groups in total. The van der Waals surface area contributed by atoms with Gasteiger partial charge in [-0.25, -0.2) is 0 Å². The summed E-state index contributed by atoms with van der Waals surface area (Å²) in [5, 5.41) is 0. The monoisotopic (exact) mass is 244 g/mol. The lowest BCUT2D eigenvalue weighted by Crippen LogP contribution is -2.00. The van der Waals surface area contributed by atoms with Crippen LogP contribution in [0.4, 0.5) is 0 Å². The molecule has 0 spiro atoms. The van der Waals surface area contributed by atoms with E-state index in [-0.39, 0.29) is 0 Å². The largest absolute Gasteiger partial charge is 0.367 e. The van der Waals surface area contributed by atoms with E-state index in [0.29, 0.717) is 5.44 Å². The molecule has 1 rings (SSSR count). The number of hydrogen-bond donors (Lipinski definition) is 0. The minimum atomic E-state index is 0.520. The van der Waals surface area contributed by atoms with Crippen LogP contribution >= 0.6 is 34.4 Å². The SMILES string of the molecule is ICCC1OCCS1. The second-order valence-electron chi connectivity index (χ2n) is 1.65. The van der Waals surface area contributed by atoms with Crippen molar-refractivity contribution in [3.8, 4) is 0 Å². The zero-order valence-electron chi connectivity index (χ0n) is 4.60. The van der Waals surface area contributed by atoms with E-state index in [2.05, 4.69) is 22.6 Å². The quantitative estimate of drug-likeness (QED) is 0.542. The van der Waals surface area contributed by atoms with E-state index in [0.717, 1.165) is 6.61 Å². The van der Waals surface area contributed by atoms with Crippen molar-refractivity contribution in [1.29, 1.82) is 0 Å². The molecule has 3 heteroatoms. The zero-order chi connectivity index (χ0) is 5.82. The van der Waals surface area contributed by atoms with Gasteiger partial charge in [-0.05, 0) is 6.42 Å². The van der Waals surface area contributed by atoms with Gasteiger partial charge in [0.05, 0.1) is 6.61 Å². The normalized spacial score (nSPS) is 28.9. The fourth-order valence-corrected chi connectivity index (χ4v) is 2.58. The lowest BCUT2D eigenvalue weighted by molar-refractivity contribution is 0.142. The van der Waals surface area contributed by atoms with Gasteiger partial charge in [-0.15, -0.1) is 11.8 Å². The Morgan fingerprint density at radius 3 is 3.12 bits per heavy atom. The van der Waals surface area contributed by atoms with Crippen molar-refractivity contribution >= 4 is 34.4 Å². The van der Waals surface area contributed by atoms with Gasteiger partial charge in [-0.1, -0.05) is 22.6 Å². The average molecular weight is 244 g/mol. The molecule has 1 aliphatic rings. The minimum Gasteiger partial charge on any atom is -0.367 e. The molecule has 1 saturated heterocycles. The Morgan fingerprint density at radius 2 is 2.62 bits per heavy atom. The van der Waals surface area contributed by atoms with Crippen molar-refractivity contribution in [2.75, 3.05) is 16.8 Å². The Kier molecular flexibility index (Phi) is 3.53. The highest BCUT2D eigenvalue weighted by atomic mass is 127. The van der Waals surface area contributed by atoms with E-state index in [9.17, 15) is 0 Å². The molecule has 1 fully saturated rings. The van der Waals surface area contributed by atoms with Gasteiger partial charge in [0.15, 0.2) is 0 Å². The van der Waals surface area contributed by atoms with E-state index in [1.165, 1.54) is 16.6 Å². The van der Waals surface area contributed by atoms with Crippen LogP contribution in [0.1, 0.15) is 6.42 Å². The van der Waals surface area contributed by atoms with Gasteiger partial charge in [0.25, 0.3) is 0 Å². The Labute approximate surface area is 67.7 Å². The molecular weight excluding hydrogens is 235 g/mol. The van der Waals surface area contributed by atoms with Crippen LogP contribution in [0.25, 0.3) is 0 Å². The van der Waals surface area contributed by atoms with Gasteiger partial charge in [0.2, 0.25) is 0 Å². The third-order valence-electron chi connectivity index (χ3n) is 1.04. The Morgan fingerprint density at radius 1 is 1.75 bits per heavy atom. The van der Waals surface area contributed by atoms with Gasteiger partial charge < -0.3 is 4.74 Å². The minimum absolute atomic E-state index is 0.520. The van der Waals surface area contributed by atoms with Crippen molar-refractivity contribution in [3.63, 3.8) is 0 Å². The molecule has 1 atom stereocenters. The highest BCUT2D eigenvalue weighted by Crippen LogP contribution is 2.22. The summed E-state index contributed by atoms with van der Waals surface area (Å²) in [7, 11) is 0. The summed E-state index contributed by atoms with van der Waals surface area (Å²) in [6, 6.07) is 0. The van der Waals surface area contributed by atoms with Crippen LogP contribution in [0.15, 0.2) is 0 Å². The molecule has 0 saturated carbocycles. The lowest BCUT2D eigenvalue weighted by atomic mass is 10.5. The fraction of sp³-hybridized carbons (Fsp3) is 1.00. The predicted molar refractivity (Wildman–Crippen MR) is 45.7 cm³/mol. The van der Waals surface area contributed by atoms with Crippen molar-refractivity contribution in [1.82, 2.24) is 0 Å². The third kappa shape index (κ3) is 2.11. The summed E-state index contributed by atoms with van der Waals surface area (Å²) >= 11 is 4.32. The molecular formula is C5H9IOS. The first kappa shape index (κ1) is 7.15. The van der Waals surface area contributed by atoms with Crippen molar-refractivity contribution in [2.45, 2.75) is 11.9 Å². The number of rotatable bonds is 2. The van der Waals surface area contributed by atoms with Crippen LogP contribution in [0.2, 0.25) is 0 Å². The van der Waals surface area contributed by atoms with Crippen molar-refractivity contribution in [2.24, 2.45) is 0 Å². The summed E-state index contributed by atoms with van der Waals surface area (Å²) in [6.45, 7) is 0.964. The summed E-state index contributed by atoms with van der Waals surface area (Å²) in [5.74, 6) is 1.20. The molecule has 8 heavy (non-hydrogen) atoms. The lowest BCUT2D eigenvalue weighted by Gasteiger charge is -2.02. The number of ether oxygens (including phenoxy) is 1. The maximum absolute atomic E-state index is 5.35. The van der Waals surface area contributed by atoms with Gasteiger partial charge in [0, 0.05) is 10.2 Å². The fourth-order valence-electron chi connectivity index (χ4n) is 0.663. The van der Waals surface area contributed by atoms with Gasteiger partial charge in [-0.3, -0.25) is 0 Å². The molecule has 1 nitrogen and oxygen atoms in total. The zero-order valence-corrected chi connectivity index (χ0v) is 7.57. The summed E-state index contributed by atoms with van der Waals surface area (Å²) in [6.07, 6.45) is 1.21. The third-order valence-corrected chi connectivity index (χ3v) is 2.80. The molecule has 1 heterocycles. The maximum atomic E-state index is 5.35. The maximum Gasteiger partial charge on any atom is 0.104 e. The van der Waals surface area contributed by atoms with Crippen molar-refractivity contribution in [3.05, 3.63) is 0 Å². The molecule has 48 valence electrons. The van der Waals surface area contributed by atoms with Gasteiger partial charge in [0.1, 0.15) is 5.44 Å². The molecule has 1 unspecified atom stereocenters. The van der Waals surface area contributed by atoms with E-state index in [4.69, 9.17) is 4.74 Å². The smallest absolute Gasteiger partial charge is 0.104 e. The molecule has 0 aliphatic carbocycles. The molecule has 0 aromatic heterocycles. The van der Waals surface area contributed by atoms with Crippen LogP contribution in [-0.4, -0.2) is 22.2 Å². The molecule has 0 aromatic rings. The molecule has 0 radical (unpaired) electrons. The summed E-state index contributed by atoms with van der Waals surface area (Å²) in [5.41, 5.74) is 0.520. The van der Waals surface area contributed by atoms with E-state index < -0.39 is 0 Å². The van der Waals surface area contributed by atoms with Crippen LogP contribution in [0.5, 0.6) is 0 Å². The average Bonchev–Trinajstić information content (AvgIpc) is 2.19. The second-order valence-corrected chi connectivity index (χ2v) is 3.99. The van der Waals surface area contributed by atoms with Crippen LogP contribution < -0.4 is 0 Å². The number of hydrogen-bond acceptors (Lipinski definition) is 2. The van der Waals surface area contributed by atoms with Gasteiger partial charge in [-0.2, -0.15) is 0 Å². The van der Waals surface area contributed by atoms with Crippen LogP contribution in [0.3, 0.4) is 0 Å². The number of halogens is 1. The highest BCUT2D eigenvalue weighted by Gasteiger charge is 2.13. The van der Waals surface area contributed by atoms with Crippen molar-refractivity contribution < 1.29 is 4.74 Å². The van der Waals surface area contributed by atoms with E-state index in [1.807, 2.05) is 11.8 Å². The van der Waals surface area contributed by atoms with Crippen LogP contribution in [0, 0.1) is 0 Å². The molecule has 0 amide bonds. The van der Waals surface area contributed by atoms with Gasteiger partial charge >= 0.3 is 0 Å². The summed E-state index contributed by atoms with van der Waals surface area (Å²) < 4.78 is 6.57. The van der Waals surface area contributed by atoms with E-state index in [1.54, 1.807) is 0 Å². The highest BCUT2D eigenvalue weighted by molar-refractivity contribution is 14.1. The topological polar surface area (TPSA) is 9.23 Å².